The number of carbonyl (C=O) groups is 1. The molecule has 1 fully saturated rings. The minimum absolute atomic E-state index is 0.110. The summed E-state index contributed by atoms with van der Waals surface area (Å²) < 4.78 is 7.68. The summed E-state index contributed by atoms with van der Waals surface area (Å²) in [6, 6.07) is 16.2. The van der Waals surface area contributed by atoms with Crippen molar-refractivity contribution in [3.8, 4) is 5.75 Å². The van der Waals surface area contributed by atoms with Crippen LogP contribution in [0.4, 0.5) is 5.69 Å². The molecule has 39 heavy (non-hydrogen) atoms. The largest absolute Gasteiger partial charge is 0.497 e. The van der Waals surface area contributed by atoms with Crippen LogP contribution in [0.1, 0.15) is 115 Å². The van der Waals surface area contributed by atoms with Crippen LogP contribution in [0.3, 0.4) is 0 Å². The Morgan fingerprint density at radius 3 is 2.00 bits per heavy atom. The van der Waals surface area contributed by atoms with E-state index in [9.17, 15) is 4.79 Å². The second kappa shape index (κ2) is 15.7. The number of hydrogen-bond donors (Lipinski definition) is 0. The molecule has 0 saturated carbocycles. The number of fused-ring (bicyclic) bond motifs is 1. The fourth-order valence-electron chi connectivity index (χ4n) is 6.00. The topological polar surface area (TPSA) is 47.4 Å². The van der Waals surface area contributed by atoms with Crippen LogP contribution >= 0.6 is 0 Å². The first-order valence-corrected chi connectivity index (χ1v) is 15.6. The molecule has 1 saturated heterocycles. The highest BCUT2D eigenvalue weighted by Crippen LogP contribution is 2.34. The van der Waals surface area contributed by atoms with Crippen molar-refractivity contribution in [3.05, 3.63) is 54.4 Å². The lowest BCUT2D eigenvalue weighted by molar-refractivity contribution is -0.117. The van der Waals surface area contributed by atoms with Crippen molar-refractivity contribution in [2.45, 2.75) is 116 Å². The Hall–Kier alpha value is -2.82. The van der Waals surface area contributed by atoms with E-state index >= 15 is 0 Å². The summed E-state index contributed by atoms with van der Waals surface area (Å²) in [7, 11) is 1.66. The fraction of sp³-hybridized carbons (Fsp3) is 0.588. The molecule has 4 rings (SSSR count). The van der Waals surface area contributed by atoms with Crippen LogP contribution in [0, 0.1) is 0 Å². The van der Waals surface area contributed by atoms with Gasteiger partial charge in [0.1, 0.15) is 11.6 Å². The SMILES string of the molecule is CCCCCCCCCCCCCCCCn1c([C@H]2CC(=O)N(c3ccc(OC)cc3)C2)nc2ccccc21. The van der Waals surface area contributed by atoms with Gasteiger partial charge in [-0.05, 0) is 42.8 Å². The van der Waals surface area contributed by atoms with Gasteiger partial charge in [-0.25, -0.2) is 4.98 Å². The normalized spacial score (nSPS) is 15.5. The molecule has 212 valence electrons. The number of benzene rings is 2. The van der Waals surface area contributed by atoms with E-state index in [1.54, 1.807) is 7.11 Å². The first-order chi connectivity index (χ1) is 19.2. The predicted molar refractivity (Wildman–Crippen MR) is 163 cm³/mol. The summed E-state index contributed by atoms with van der Waals surface area (Å²) in [5, 5.41) is 0. The monoisotopic (exact) mass is 531 g/mol. The number of ether oxygens (including phenoxy) is 1. The zero-order valence-electron chi connectivity index (χ0n) is 24.4. The molecule has 3 aromatic rings. The fourth-order valence-corrected chi connectivity index (χ4v) is 6.00. The quantitative estimate of drug-likeness (QED) is 0.154. The lowest BCUT2D eigenvalue weighted by Gasteiger charge is -2.18. The number of aryl methyl sites for hydroxylation is 1. The van der Waals surface area contributed by atoms with Gasteiger partial charge in [0.15, 0.2) is 0 Å². The summed E-state index contributed by atoms with van der Waals surface area (Å²) in [5.74, 6) is 2.14. The van der Waals surface area contributed by atoms with E-state index < -0.39 is 0 Å². The Balaban J connectivity index is 1.23. The van der Waals surface area contributed by atoms with Crippen LogP contribution in [0.15, 0.2) is 48.5 Å². The third-order valence-electron chi connectivity index (χ3n) is 8.29. The van der Waals surface area contributed by atoms with Crippen molar-refractivity contribution in [3.63, 3.8) is 0 Å². The number of methoxy groups -OCH3 is 1. The average molecular weight is 532 g/mol. The molecule has 1 aromatic heterocycles. The third-order valence-corrected chi connectivity index (χ3v) is 8.29. The molecular formula is C34H49N3O2. The Labute approximate surface area is 236 Å². The van der Waals surface area contributed by atoms with Gasteiger partial charge in [-0.15, -0.1) is 0 Å². The number of rotatable bonds is 18. The Morgan fingerprint density at radius 1 is 0.795 bits per heavy atom. The minimum Gasteiger partial charge on any atom is -0.497 e. The molecule has 0 unspecified atom stereocenters. The van der Waals surface area contributed by atoms with Crippen LogP contribution in [0.25, 0.3) is 11.0 Å². The van der Waals surface area contributed by atoms with Crippen LogP contribution in [-0.2, 0) is 11.3 Å². The number of hydrogen-bond acceptors (Lipinski definition) is 3. The smallest absolute Gasteiger partial charge is 0.227 e. The van der Waals surface area contributed by atoms with Gasteiger partial charge in [-0.2, -0.15) is 0 Å². The van der Waals surface area contributed by atoms with Crippen molar-refractivity contribution < 1.29 is 9.53 Å². The van der Waals surface area contributed by atoms with E-state index in [2.05, 4.69) is 35.8 Å². The van der Waals surface area contributed by atoms with E-state index in [4.69, 9.17) is 9.72 Å². The van der Waals surface area contributed by atoms with E-state index in [0.717, 1.165) is 35.7 Å². The molecule has 2 aromatic carbocycles. The third kappa shape index (κ3) is 8.33. The predicted octanol–water partition coefficient (Wildman–Crippen LogP) is 9.05. The maximum Gasteiger partial charge on any atom is 0.227 e. The van der Waals surface area contributed by atoms with Crippen LogP contribution in [0.2, 0.25) is 0 Å². The van der Waals surface area contributed by atoms with Gasteiger partial charge in [-0.1, -0.05) is 103 Å². The van der Waals surface area contributed by atoms with Crippen molar-refractivity contribution in [2.75, 3.05) is 18.6 Å². The highest BCUT2D eigenvalue weighted by Gasteiger charge is 2.34. The van der Waals surface area contributed by atoms with E-state index in [-0.39, 0.29) is 11.8 Å². The lowest BCUT2D eigenvalue weighted by Crippen LogP contribution is -2.24. The van der Waals surface area contributed by atoms with Gasteiger partial charge >= 0.3 is 0 Å². The number of carbonyl (C=O) groups excluding carboxylic acids is 1. The summed E-state index contributed by atoms with van der Waals surface area (Å²) in [6.45, 7) is 3.93. The Kier molecular flexibility index (Phi) is 11.7. The molecule has 0 spiro atoms. The van der Waals surface area contributed by atoms with Gasteiger partial charge < -0.3 is 14.2 Å². The van der Waals surface area contributed by atoms with Gasteiger partial charge in [-0.3, -0.25) is 4.79 Å². The van der Waals surface area contributed by atoms with Gasteiger partial charge in [0.25, 0.3) is 0 Å². The first-order valence-electron chi connectivity index (χ1n) is 15.6. The molecule has 5 nitrogen and oxygen atoms in total. The second-order valence-electron chi connectivity index (χ2n) is 11.3. The highest BCUT2D eigenvalue weighted by atomic mass is 16.5. The van der Waals surface area contributed by atoms with Crippen LogP contribution in [0.5, 0.6) is 5.75 Å². The zero-order valence-corrected chi connectivity index (χ0v) is 24.4. The van der Waals surface area contributed by atoms with Crippen molar-refractivity contribution >= 4 is 22.6 Å². The number of aromatic nitrogens is 2. The van der Waals surface area contributed by atoms with Gasteiger partial charge in [0.2, 0.25) is 5.91 Å². The Morgan fingerprint density at radius 2 is 1.38 bits per heavy atom. The molecule has 1 aliphatic rings. The highest BCUT2D eigenvalue weighted by molar-refractivity contribution is 5.96. The van der Waals surface area contributed by atoms with Crippen molar-refractivity contribution in [2.24, 2.45) is 0 Å². The van der Waals surface area contributed by atoms with E-state index in [1.807, 2.05) is 29.2 Å². The number of nitrogens with zero attached hydrogens (tertiary/aromatic N) is 3. The Bertz CT molecular complexity index is 1140. The number of anilines is 1. The number of unbranched alkanes of at least 4 members (excludes halogenated alkanes) is 13. The molecule has 2 heterocycles. The number of para-hydroxylation sites is 2. The second-order valence-corrected chi connectivity index (χ2v) is 11.3. The van der Waals surface area contributed by atoms with E-state index in [1.165, 1.54) is 89.0 Å². The minimum atomic E-state index is 0.110. The zero-order chi connectivity index (χ0) is 27.3. The van der Waals surface area contributed by atoms with Gasteiger partial charge in [0, 0.05) is 31.1 Å². The summed E-state index contributed by atoms with van der Waals surface area (Å²) in [4.78, 5) is 19.9. The van der Waals surface area contributed by atoms with Crippen molar-refractivity contribution in [1.82, 2.24) is 9.55 Å². The molecular weight excluding hydrogens is 482 g/mol. The summed E-state index contributed by atoms with van der Waals surface area (Å²) >= 11 is 0. The van der Waals surface area contributed by atoms with Crippen molar-refractivity contribution in [1.29, 1.82) is 0 Å². The molecule has 1 amide bonds. The molecule has 0 radical (unpaired) electrons. The van der Waals surface area contributed by atoms with E-state index in [0.29, 0.717) is 13.0 Å². The van der Waals surface area contributed by atoms with Gasteiger partial charge in [0.05, 0.1) is 18.1 Å². The standard InChI is InChI=1S/C34H49N3O2/c1-3-4-5-6-7-8-9-10-11-12-13-14-15-18-25-36-32-20-17-16-19-31(32)35-34(36)28-26-33(38)37(27-28)29-21-23-30(39-2)24-22-29/h16-17,19-24,28H,3-15,18,25-27H2,1-2H3/t28-/m0/s1. The van der Waals surface area contributed by atoms with Crippen LogP contribution < -0.4 is 9.64 Å². The molecule has 5 heteroatoms. The molecule has 0 bridgehead atoms. The summed E-state index contributed by atoms with van der Waals surface area (Å²) in [5.41, 5.74) is 3.16. The molecule has 0 N–H and O–H groups in total. The number of imidazole rings is 1. The molecule has 1 atom stereocenters. The molecule has 0 aliphatic carbocycles. The number of amides is 1. The first kappa shape index (κ1) is 29.2. The summed E-state index contributed by atoms with van der Waals surface area (Å²) in [6.07, 6.45) is 19.6. The average Bonchev–Trinajstić information content (AvgIpc) is 3.53. The maximum absolute atomic E-state index is 13.0. The molecule has 1 aliphatic heterocycles. The maximum atomic E-state index is 13.0. The van der Waals surface area contributed by atoms with Crippen LogP contribution in [-0.4, -0.2) is 29.1 Å². The lowest BCUT2D eigenvalue weighted by atomic mass is 10.0.